The summed E-state index contributed by atoms with van der Waals surface area (Å²) in [4.78, 5) is 10.4. The van der Waals surface area contributed by atoms with E-state index in [9.17, 15) is 13.6 Å². The Morgan fingerprint density at radius 1 is 1.80 bits per heavy atom. The predicted octanol–water partition coefficient (Wildman–Crippen LogP) is -0.623. The van der Waals surface area contributed by atoms with Crippen LogP contribution in [0.2, 0.25) is 0 Å². The summed E-state index contributed by atoms with van der Waals surface area (Å²) in [6.07, 6.45) is 0.476. The molecule has 10 heavy (non-hydrogen) atoms. The monoisotopic (exact) mass is 164 g/mol. The van der Waals surface area contributed by atoms with Crippen LogP contribution in [0.5, 0.6) is 0 Å². The van der Waals surface area contributed by atoms with Gasteiger partial charge in [0.25, 0.3) is 0 Å². The number of rotatable bonds is 4. The van der Waals surface area contributed by atoms with Gasteiger partial charge in [-0.25, -0.2) is 0 Å². The Bertz CT molecular complexity index is 148. The SMILES string of the molecule is CCC(CS(=O)[O-])C(N)=O. The first-order valence-electron chi connectivity index (χ1n) is 2.93. The maximum Gasteiger partial charge on any atom is 0.221 e. The van der Waals surface area contributed by atoms with Crippen molar-refractivity contribution in [2.24, 2.45) is 11.7 Å². The highest BCUT2D eigenvalue weighted by Crippen LogP contribution is 2.01. The van der Waals surface area contributed by atoms with Crippen molar-refractivity contribution in [2.75, 3.05) is 5.75 Å². The van der Waals surface area contributed by atoms with E-state index >= 15 is 0 Å². The minimum atomic E-state index is -2.17. The summed E-state index contributed by atoms with van der Waals surface area (Å²) in [5.41, 5.74) is 4.88. The number of hydrogen-bond donors (Lipinski definition) is 1. The van der Waals surface area contributed by atoms with Gasteiger partial charge >= 0.3 is 0 Å². The van der Waals surface area contributed by atoms with Crippen molar-refractivity contribution in [1.82, 2.24) is 0 Å². The molecule has 1 amide bonds. The van der Waals surface area contributed by atoms with E-state index in [-0.39, 0.29) is 5.75 Å². The summed E-state index contributed by atoms with van der Waals surface area (Å²) in [7, 11) is 0. The zero-order valence-electron chi connectivity index (χ0n) is 5.70. The van der Waals surface area contributed by atoms with Gasteiger partial charge in [0.2, 0.25) is 5.91 Å². The van der Waals surface area contributed by atoms with Crippen molar-refractivity contribution in [1.29, 1.82) is 0 Å². The quantitative estimate of drug-likeness (QED) is 0.562. The molecular formula is C5H10NO3S-. The maximum atomic E-state index is 10.4. The highest BCUT2D eigenvalue weighted by molar-refractivity contribution is 7.79. The lowest BCUT2D eigenvalue weighted by molar-refractivity contribution is -0.121. The van der Waals surface area contributed by atoms with Crippen LogP contribution in [0, 0.1) is 5.92 Å². The Labute approximate surface area is 62.1 Å². The number of primary amides is 1. The van der Waals surface area contributed by atoms with Crippen LogP contribution in [0.25, 0.3) is 0 Å². The van der Waals surface area contributed by atoms with E-state index in [1.807, 2.05) is 0 Å². The summed E-state index contributed by atoms with van der Waals surface area (Å²) in [5.74, 6) is -1.24. The number of hydrogen-bond acceptors (Lipinski definition) is 3. The standard InChI is InChI=1S/C5H11NO3S/c1-2-4(5(6)7)3-10(8)9/h4H,2-3H2,1H3,(H2,6,7)(H,8,9)/p-1. The van der Waals surface area contributed by atoms with Gasteiger partial charge in [0.15, 0.2) is 0 Å². The normalized spacial score (nSPS) is 16.2. The van der Waals surface area contributed by atoms with Crippen LogP contribution in [-0.4, -0.2) is 20.4 Å². The highest BCUT2D eigenvalue weighted by Gasteiger charge is 2.11. The summed E-state index contributed by atoms with van der Waals surface area (Å²) >= 11 is -2.17. The number of amides is 1. The van der Waals surface area contributed by atoms with Gasteiger partial charge in [0, 0.05) is 11.7 Å². The number of carbonyl (C=O) groups is 1. The fourth-order valence-electron chi connectivity index (χ4n) is 0.565. The van der Waals surface area contributed by atoms with Crippen LogP contribution in [-0.2, 0) is 15.9 Å². The molecule has 0 saturated carbocycles. The smallest absolute Gasteiger partial charge is 0.221 e. The van der Waals surface area contributed by atoms with E-state index in [0.717, 1.165) is 0 Å². The van der Waals surface area contributed by atoms with Crippen LogP contribution < -0.4 is 5.73 Å². The van der Waals surface area contributed by atoms with Crippen LogP contribution in [0.3, 0.4) is 0 Å². The average Bonchev–Trinajstić information content (AvgIpc) is 1.81. The first-order valence-corrected chi connectivity index (χ1v) is 4.17. The molecule has 0 radical (unpaired) electrons. The van der Waals surface area contributed by atoms with Crippen molar-refractivity contribution in [3.8, 4) is 0 Å². The molecule has 0 aliphatic rings. The Kier molecular flexibility index (Phi) is 4.22. The van der Waals surface area contributed by atoms with Gasteiger partial charge in [0.05, 0.1) is 0 Å². The topological polar surface area (TPSA) is 83.2 Å². The molecule has 0 bridgehead atoms. The molecule has 0 rings (SSSR count). The van der Waals surface area contributed by atoms with E-state index in [1.54, 1.807) is 6.92 Å². The molecule has 60 valence electrons. The minimum absolute atomic E-state index is 0.161. The maximum absolute atomic E-state index is 10.4. The molecule has 0 aromatic carbocycles. The Hall–Kier alpha value is -0.420. The van der Waals surface area contributed by atoms with Crippen molar-refractivity contribution in [3.63, 3.8) is 0 Å². The van der Waals surface area contributed by atoms with Gasteiger partial charge in [-0.2, -0.15) is 0 Å². The number of nitrogens with two attached hydrogens (primary N) is 1. The molecule has 0 aromatic rings. The molecule has 0 aliphatic carbocycles. The van der Waals surface area contributed by atoms with Crippen LogP contribution in [0.4, 0.5) is 0 Å². The fourth-order valence-corrected chi connectivity index (χ4v) is 1.29. The molecule has 5 heteroatoms. The van der Waals surface area contributed by atoms with Gasteiger partial charge in [-0.3, -0.25) is 9.00 Å². The zero-order chi connectivity index (χ0) is 8.15. The Morgan fingerprint density at radius 2 is 2.30 bits per heavy atom. The average molecular weight is 164 g/mol. The molecule has 0 saturated heterocycles. The second-order valence-electron chi connectivity index (χ2n) is 1.98. The third kappa shape index (κ3) is 3.58. The van der Waals surface area contributed by atoms with Crippen LogP contribution in [0.15, 0.2) is 0 Å². The third-order valence-corrected chi connectivity index (χ3v) is 1.91. The van der Waals surface area contributed by atoms with E-state index < -0.39 is 22.9 Å². The van der Waals surface area contributed by atoms with Gasteiger partial charge < -0.3 is 10.3 Å². The molecule has 2 N–H and O–H groups in total. The minimum Gasteiger partial charge on any atom is -0.772 e. The molecule has 0 spiro atoms. The molecular weight excluding hydrogens is 154 g/mol. The molecule has 2 atom stereocenters. The van der Waals surface area contributed by atoms with E-state index in [0.29, 0.717) is 6.42 Å². The van der Waals surface area contributed by atoms with Crippen molar-refractivity contribution in [2.45, 2.75) is 13.3 Å². The molecule has 0 aromatic heterocycles. The summed E-state index contributed by atoms with van der Waals surface area (Å²) < 4.78 is 20.1. The summed E-state index contributed by atoms with van der Waals surface area (Å²) in [6, 6.07) is 0. The molecule has 0 aliphatic heterocycles. The lowest BCUT2D eigenvalue weighted by atomic mass is 10.1. The summed E-state index contributed by atoms with van der Waals surface area (Å²) in [6.45, 7) is 1.72. The third-order valence-electron chi connectivity index (χ3n) is 1.23. The van der Waals surface area contributed by atoms with E-state index in [2.05, 4.69) is 0 Å². The molecule has 4 nitrogen and oxygen atoms in total. The molecule has 0 fully saturated rings. The second kappa shape index (κ2) is 4.40. The van der Waals surface area contributed by atoms with E-state index in [4.69, 9.17) is 5.73 Å². The first-order chi connectivity index (χ1) is 4.57. The molecule has 0 heterocycles. The summed E-state index contributed by atoms with van der Waals surface area (Å²) in [5, 5.41) is 0. The number of carbonyl (C=O) groups excluding carboxylic acids is 1. The predicted molar refractivity (Wildman–Crippen MR) is 36.8 cm³/mol. The lowest BCUT2D eigenvalue weighted by Gasteiger charge is -2.11. The second-order valence-corrected chi connectivity index (χ2v) is 2.92. The van der Waals surface area contributed by atoms with Crippen molar-refractivity contribution < 1.29 is 13.6 Å². The first kappa shape index (κ1) is 9.58. The Balaban J connectivity index is 3.83. The Morgan fingerprint density at radius 3 is 2.40 bits per heavy atom. The lowest BCUT2D eigenvalue weighted by Crippen LogP contribution is -2.27. The zero-order valence-corrected chi connectivity index (χ0v) is 6.52. The fraction of sp³-hybridized carbons (Fsp3) is 0.800. The van der Waals surface area contributed by atoms with Gasteiger partial charge in [-0.15, -0.1) is 0 Å². The van der Waals surface area contributed by atoms with E-state index in [1.165, 1.54) is 0 Å². The van der Waals surface area contributed by atoms with Gasteiger partial charge in [0.1, 0.15) is 0 Å². The van der Waals surface area contributed by atoms with Crippen molar-refractivity contribution >= 4 is 17.0 Å². The van der Waals surface area contributed by atoms with Gasteiger partial charge in [-0.05, 0) is 6.42 Å². The van der Waals surface area contributed by atoms with Crippen LogP contribution >= 0.6 is 0 Å². The van der Waals surface area contributed by atoms with Crippen molar-refractivity contribution in [3.05, 3.63) is 0 Å². The molecule has 2 unspecified atom stereocenters. The highest BCUT2D eigenvalue weighted by atomic mass is 32.2. The van der Waals surface area contributed by atoms with Gasteiger partial charge in [-0.1, -0.05) is 18.0 Å². The van der Waals surface area contributed by atoms with Crippen LogP contribution in [0.1, 0.15) is 13.3 Å². The largest absolute Gasteiger partial charge is 0.772 e.